The van der Waals surface area contributed by atoms with Crippen molar-refractivity contribution < 1.29 is 14.3 Å². The van der Waals surface area contributed by atoms with Gasteiger partial charge in [-0.2, -0.15) is 0 Å². The zero-order chi connectivity index (χ0) is 13.7. The van der Waals surface area contributed by atoms with Crippen molar-refractivity contribution in [2.24, 2.45) is 17.1 Å². The first-order valence-corrected chi connectivity index (χ1v) is 7.30. The first-order chi connectivity index (χ1) is 9.15. The molecule has 108 valence electrons. The molecule has 19 heavy (non-hydrogen) atoms. The van der Waals surface area contributed by atoms with Crippen molar-refractivity contribution in [1.29, 1.82) is 0 Å². The summed E-state index contributed by atoms with van der Waals surface area (Å²) < 4.78 is 10.6. The van der Waals surface area contributed by atoms with Gasteiger partial charge in [0.25, 0.3) is 0 Å². The number of thiocarbonyl (C=S) groups is 1. The van der Waals surface area contributed by atoms with Crippen LogP contribution in [0.2, 0.25) is 0 Å². The van der Waals surface area contributed by atoms with E-state index in [9.17, 15) is 4.79 Å². The van der Waals surface area contributed by atoms with Gasteiger partial charge in [-0.15, -0.1) is 0 Å². The average Bonchev–Trinajstić information content (AvgIpc) is 2.46. The molecule has 5 nitrogen and oxygen atoms in total. The first-order valence-electron chi connectivity index (χ1n) is 6.89. The van der Waals surface area contributed by atoms with Crippen molar-refractivity contribution in [3.05, 3.63) is 0 Å². The minimum atomic E-state index is -0.710. The highest BCUT2D eigenvalue weighted by atomic mass is 32.1. The third-order valence-electron chi connectivity index (χ3n) is 4.14. The van der Waals surface area contributed by atoms with Crippen molar-refractivity contribution in [2.75, 3.05) is 33.0 Å². The van der Waals surface area contributed by atoms with Crippen molar-refractivity contribution in [1.82, 2.24) is 5.32 Å². The SMILES string of the molecule is NC(=S)C1(C(=O)NCC2CCOCC2)CCOCC1. The number of amides is 1. The monoisotopic (exact) mass is 286 g/mol. The molecule has 0 unspecified atom stereocenters. The summed E-state index contributed by atoms with van der Waals surface area (Å²) in [5.74, 6) is 0.468. The maximum absolute atomic E-state index is 12.4. The van der Waals surface area contributed by atoms with E-state index in [0.717, 1.165) is 26.1 Å². The normalized spacial score (nSPS) is 23.8. The summed E-state index contributed by atoms with van der Waals surface area (Å²) in [6.07, 6.45) is 3.18. The lowest BCUT2D eigenvalue weighted by molar-refractivity contribution is -0.131. The molecule has 6 heteroatoms. The fourth-order valence-corrected chi connectivity index (χ4v) is 2.96. The molecular weight excluding hydrogens is 264 g/mol. The molecule has 3 N–H and O–H groups in total. The number of hydrogen-bond donors (Lipinski definition) is 2. The summed E-state index contributed by atoms with van der Waals surface area (Å²) >= 11 is 5.12. The fourth-order valence-electron chi connectivity index (χ4n) is 2.66. The van der Waals surface area contributed by atoms with Crippen LogP contribution in [0.3, 0.4) is 0 Å². The maximum Gasteiger partial charge on any atom is 0.233 e. The van der Waals surface area contributed by atoms with E-state index in [2.05, 4.69) is 5.32 Å². The van der Waals surface area contributed by atoms with Gasteiger partial charge in [-0.05, 0) is 31.6 Å². The number of carbonyl (C=O) groups is 1. The van der Waals surface area contributed by atoms with Gasteiger partial charge in [-0.1, -0.05) is 12.2 Å². The van der Waals surface area contributed by atoms with E-state index >= 15 is 0 Å². The van der Waals surface area contributed by atoms with Crippen LogP contribution >= 0.6 is 12.2 Å². The van der Waals surface area contributed by atoms with Gasteiger partial charge >= 0.3 is 0 Å². The zero-order valence-corrected chi connectivity index (χ0v) is 12.0. The molecule has 0 radical (unpaired) electrons. The topological polar surface area (TPSA) is 73.6 Å². The van der Waals surface area contributed by atoms with E-state index in [1.807, 2.05) is 0 Å². The van der Waals surface area contributed by atoms with Crippen molar-refractivity contribution in [3.63, 3.8) is 0 Å². The molecule has 0 aromatic heterocycles. The third-order valence-corrected chi connectivity index (χ3v) is 4.54. The quantitative estimate of drug-likeness (QED) is 0.741. The molecular formula is C13H22N2O3S. The van der Waals surface area contributed by atoms with Crippen LogP contribution < -0.4 is 11.1 Å². The molecule has 2 heterocycles. The van der Waals surface area contributed by atoms with Crippen LogP contribution in [-0.4, -0.2) is 43.9 Å². The Balaban J connectivity index is 1.90. The molecule has 2 rings (SSSR count). The molecule has 2 fully saturated rings. The molecule has 2 aliphatic rings. The van der Waals surface area contributed by atoms with Gasteiger partial charge in [0.2, 0.25) is 5.91 Å². The minimum Gasteiger partial charge on any atom is -0.392 e. The van der Waals surface area contributed by atoms with E-state index in [4.69, 9.17) is 27.4 Å². The number of carbonyl (C=O) groups excluding carboxylic acids is 1. The van der Waals surface area contributed by atoms with Crippen molar-refractivity contribution >= 4 is 23.1 Å². The molecule has 0 saturated carbocycles. The molecule has 0 aliphatic carbocycles. The van der Waals surface area contributed by atoms with Crippen molar-refractivity contribution in [2.45, 2.75) is 25.7 Å². The predicted octanol–water partition coefficient (Wildman–Crippen LogP) is 0.612. The first kappa shape index (κ1) is 14.7. The smallest absolute Gasteiger partial charge is 0.233 e. The van der Waals surface area contributed by atoms with Crippen LogP contribution in [0.15, 0.2) is 0 Å². The predicted molar refractivity (Wildman–Crippen MR) is 75.8 cm³/mol. The van der Waals surface area contributed by atoms with E-state index in [-0.39, 0.29) is 5.91 Å². The third kappa shape index (κ3) is 3.43. The zero-order valence-electron chi connectivity index (χ0n) is 11.2. The van der Waals surface area contributed by atoms with E-state index in [1.165, 1.54) is 0 Å². The lowest BCUT2D eigenvalue weighted by atomic mass is 9.79. The second-order valence-electron chi connectivity index (χ2n) is 5.32. The molecule has 2 saturated heterocycles. The van der Waals surface area contributed by atoms with Crippen molar-refractivity contribution in [3.8, 4) is 0 Å². The lowest BCUT2D eigenvalue weighted by Crippen LogP contribution is -2.52. The van der Waals surface area contributed by atoms with Gasteiger partial charge in [0.05, 0.1) is 4.99 Å². The number of ether oxygens (including phenoxy) is 2. The summed E-state index contributed by atoms with van der Waals surface area (Å²) in [5, 5.41) is 3.03. The van der Waals surface area contributed by atoms with Gasteiger partial charge in [0.1, 0.15) is 5.41 Å². The Bertz CT molecular complexity index is 337. The summed E-state index contributed by atoms with van der Waals surface area (Å²) in [5.41, 5.74) is 5.10. The minimum absolute atomic E-state index is 0.0326. The van der Waals surface area contributed by atoms with Crippen LogP contribution in [0.25, 0.3) is 0 Å². The Morgan fingerprint density at radius 2 is 1.79 bits per heavy atom. The fraction of sp³-hybridized carbons (Fsp3) is 0.846. The van der Waals surface area contributed by atoms with Crippen LogP contribution in [0.1, 0.15) is 25.7 Å². The van der Waals surface area contributed by atoms with Crippen LogP contribution in [0.4, 0.5) is 0 Å². The number of nitrogens with two attached hydrogens (primary N) is 1. The molecule has 1 amide bonds. The Morgan fingerprint density at radius 3 is 2.37 bits per heavy atom. The molecule has 0 spiro atoms. The number of hydrogen-bond acceptors (Lipinski definition) is 4. The Labute approximate surface area is 119 Å². The van der Waals surface area contributed by atoms with E-state index < -0.39 is 5.41 Å². The second kappa shape index (κ2) is 6.63. The Morgan fingerprint density at radius 1 is 1.21 bits per heavy atom. The average molecular weight is 286 g/mol. The largest absolute Gasteiger partial charge is 0.392 e. The summed E-state index contributed by atoms with van der Waals surface area (Å²) in [7, 11) is 0. The van der Waals surface area contributed by atoms with Gasteiger partial charge in [0.15, 0.2) is 0 Å². The highest BCUT2D eigenvalue weighted by Crippen LogP contribution is 2.31. The summed E-state index contributed by atoms with van der Waals surface area (Å²) in [4.78, 5) is 12.7. The van der Waals surface area contributed by atoms with Gasteiger partial charge in [0, 0.05) is 33.0 Å². The Kier molecular flexibility index (Phi) is 5.13. The van der Waals surface area contributed by atoms with E-state index in [1.54, 1.807) is 0 Å². The second-order valence-corrected chi connectivity index (χ2v) is 5.76. The van der Waals surface area contributed by atoms with Gasteiger partial charge in [-0.25, -0.2) is 0 Å². The number of rotatable bonds is 4. The van der Waals surface area contributed by atoms with Gasteiger partial charge in [-0.3, -0.25) is 4.79 Å². The summed E-state index contributed by atoms with van der Waals surface area (Å²) in [6, 6.07) is 0. The van der Waals surface area contributed by atoms with Gasteiger partial charge < -0.3 is 20.5 Å². The number of nitrogens with one attached hydrogen (secondary N) is 1. The molecule has 0 aromatic rings. The van der Waals surface area contributed by atoms with E-state index in [0.29, 0.717) is 43.5 Å². The maximum atomic E-state index is 12.4. The van der Waals surface area contributed by atoms with Crippen LogP contribution in [-0.2, 0) is 14.3 Å². The summed E-state index contributed by atoms with van der Waals surface area (Å²) in [6.45, 7) is 3.35. The highest BCUT2D eigenvalue weighted by molar-refractivity contribution is 7.80. The molecule has 0 aromatic carbocycles. The highest BCUT2D eigenvalue weighted by Gasteiger charge is 2.42. The lowest BCUT2D eigenvalue weighted by Gasteiger charge is -2.35. The standard InChI is InChI=1S/C13H22N2O3S/c14-11(19)13(3-7-18-8-4-13)12(16)15-9-10-1-5-17-6-2-10/h10H,1-9H2,(H2,14,19)(H,15,16). The molecule has 0 bridgehead atoms. The van der Waals surface area contributed by atoms with Crippen LogP contribution in [0.5, 0.6) is 0 Å². The van der Waals surface area contributed by atoms with Crippen LogP contribution in [0, 0.1) is 11.3 Å². The molecule has 0 atom stereocenters. The Hall–Kier alpha value is -0.720. The molecule has 2 aliphatic heterocycles.